The van der Waals surface area contributed by atoms with Crippen molar-refractivity contribution in [1.29, 1.82) is 0 Å². The first-order valence-corrected chi connectivity index (χ1v) is 7.22. The zero-order valence-corrected chi connectivity index (χ0v) is 11.8. The normalized spacial score (nSPS) is 18.1. The zero-order valence-electron chi connectivity index (χ0n) is 11.8. The summed E-state index contributed by atoms with van der Waals surface area (Å²) in [5.74, 6) is 0. The van der Waals surface area contributed by atoms with Crippen molar-refractivity contribution in [3.63, 3.8) is 0 Å². The highest BCUT2D eigenvalue weighted by Crippen LogP contribution is 2.20. The van der Waals surface area contributed by atoms with Gasteiger partial charge < -0.3 is 14.9 Å². The Bertz CT molecular complexity index is 933. The van der Waals surface area contributed by atoms with Crippen LogP contribution in [0.1, 0.15) is 12.5 Å². The van der Waals surface area contributed by atoms with E-state index >= 15 is 0 Å². The van der Waals surface area contributed by atoms with Crippen LogP contribution in [-0.4, -0.2) is 32.2 Å². The molecule has 1 fully saturated rings. The van der Waals surface area contributed by atoms with Crippen molar-refractivity contribution in [2.75, 3.05) is 13.1 Å². The summed E-state index contributed by atoms with van der Waals surface area (Å²) in [6.07, 6.45) is 6.08. The Morgan fingerprint density at radius 1 is 1.27 bits per heavy atom. The van der Waals surface area contributed by atoms with E-state index in [0.717, 1.165) is 24.2 Å². The number of H-pyrrole nitrogens is 1. The minimum Gasteiger partial charge on any atom is -0.316 e. The first-order valence-electron chi connectivity index (χ1n) is 7.22. The molecule has 1 aliphatic heterocycles. The molecule has 1 aliphatic rings. The molecule has 3 aromatic rings. The van der Waals surface area contributed by atoms with E-state index < -0.39 is 11.1 Å². The number of nitrogens with one attached hydrogen (secondary N) is 2. The fourth-order valence-electron chi connectivity index (χ4n) is 3.01. The van der Waals surface area contributed by atoms with Gasteiger partial charge in [-0.3, -0.25) is 14.2 Å². The number of fused-ring (bicyclic) bond motifs is 1. The van der Waals surface area contributed by atoms with E-state index in [-0.39, 0.29) is 6.04 Å². The minimum atomic E-state index is -0.574. The van der Waals surface area contributed by atoms with Gasteiger partial charge in [0.2, 0.25) is 0 Å². The van der Waals surface area contributed by atoms with Gasteiger partial charge in [-0.1, -0.05) is 0 Å². The molecule has 112 valence electrons. The number of hydrogen-bond acceptors (Lipinski definition) is 4. The zero-order chi connectivity index (χ0) is 15.1. The lowest BCUT2D eigenvalue weighted by Gasteiger charge is -2.16. The Labute approximate surface area is 125 Å². The number of rotatable bonds is 2. The maximum absolute atomic E-state index is 12.3. The molecule has 7 heteroatoms. The highest BCUT2D eigenvalue weighted by Gasteiger charge is 2.21. The number of nitrogens with zero attached hydrogens (tertiary/aromatic N) is 3. The number of imidazole rings is 1. The summed E-state index contributed by atoms with van der Waals surface area (Å²) in [5.41, 5.74) is 1.24. The van der Waals surface area contributed by atoms with Crippen LogP contribution in [-0.2, 0) is 0 Å². The van der Waals surface area contributed by atoms with Gasteiger partial charge in [-0.25, -0.2) is 4.98 Å². The Balaban J connectivity index is 2.01. The number of hydrogen-bond donors (Lipinski definition) is 2. The Hall–Kier alpha value is -2.67. The average Bonchev–Trinajstić information content (AvgIpc) is 3.21. The third kappa shape index (κ3) is 1.98. The molecule has 1 saturated heterocycles. The molecule has 1 aromatic carbocycles. The number of benzene rings is 1. The van der Waals surface area contributed by atoms with E-state index in [1.165, 1.54) is 0 Å². The van der Waals surface area contributed by atoms with Crippen molar-refractivity contribution >= 4 is 11.0 Å². The topological polar surface area (TPSA) is 84.7 Å². The summed E-state index contributed by atoms with van der Waals surface area (Å²) >= 11 is 0. The van der Waals surface area contributed by atoms with E-state index in [1.807, 2.05) is 29.0 Å². The fraction of sp³-hybridized carbons (Fsp3) is 0.267. The van der Waals surface area contributed by atoms with Gasteiger partial charge in [0, 0.05) is 24.6 Å². The molecule has 0 bridgehead atoms. The van der Waals surface area contributed by atoms with Crippen LogP contribution in [0.2, 0.25) is 0 Å². The molecular weight excluding hydrogens is 282 g/mol. The van der Waals surface area contributed by atoms with E-state index in [9.17, 15) is 9.59 Å². The molecule has 3 heterocycles. The van der Waals surface area contributed by atoms with Crippen molar-refractivity contribution in [1.82, 2.24) is 24.4 Å². The van der Waals surface area contributed by atoms with E-state index in [0.29, 0.717) is 12.1 Å². The van der Waals surface area contributed by atoms with Crippen LogP contribution in [0.15, 0.2) is 46.5 Å². The molecular formula is C15H15N5O2. The van der Waals surface area contributed by atoms with Crippen LogP contribution in [0.3, 0.4) is 0 Å². The molecule has 0 amide bonds. The van der Waals surface area contributed by atoms with Gasteiger partial charge in [0.1, 0.15) is 0 Å². The van der Waals surface area contributed by atoms with E-state index in [4.69, 9.17) is 0 Å². The van der Waals surface area contributed by atoms with Gasteiger partial charge in [-0.15, -0.1) is 0 Å². The van der Waals surface area contributed by atoms with Gasteiger partial charge in [0.25, 0.3) is 0 Å². The van der Waals surface area contributed by atoms with Crippen molar-refractivity contribution < 1.29 is 0 Å². The van der Waals surface area contributed by atoms with Crippen LogP contribution in [0.5, 0.6) is 0 Å². The van der Waals surface area contributed by atoms with Crippen molar-refractivity contribution in [3.8, 4) is 5.69 Å². The second-order valence-electron chi connectivity index (χ2n) is 5.45. The standard InChI is InChI=1S/C15H15N5O2/c21-14-15(22)20(11-3-4-16-8-11)13-7-10(1-2-12(13)18-14)19-6-5-17-9-19/h1-2,5-7,9,11,16H,3-4,8H2,(H,18,21). The Morgan fingerprint density at radius 3 is 2.91 bits per heavy atom. The molecule has 2 N–H and O–H groups in total. The maximum atomic E-state index is 12.3. The van der Waals surface area contributed by atoms with Gasteiger partial charge in [-0.2, -0.15) is 0 Å². The lowest BCUT2D eigenvalue weighted by atomic mass is 10.2. The summed E-state index contributed by atoms with van der Waals surface area (Å²) in [6, 6.07) is 5.63. The van der Waals surface area contributed by atoms with E-state index in [2.05, 4.69) is 15.3 Å². The number of aromatic amines is 1. The third-order valence-electron chi connectivity index (χ3n) is 4.10. The molecule has 0 spiro atoms. The van der Waals surface area contributed by atoms with Crippen molar-refractivity contribution in [2.45, 2.75) is 12.5 Å². The third-order valence-corrected chi connectivity index (χ3v) is 4.10. The average molecular weight is 297 g/mol. The largest absolute Gasteiger partial charge is 0.317 e. The molecule has 22 heavy (non-hydrogen) atoms. The van der Waals surface area contributed by atoms with Crippen molar-refractivity contribution in [3.05, 3.63) is 57.6 Å². The maximum Gasteiger partial charge on any atom is 0.317 e. The molecule has 7 nitrogen and oxygen atoms in total. The monoisotopic (exact) mass is 297 g/mol. The Kier molecular flexibility index (Phi) is 2.93. The van der Waals surface area contributed by atoms with Gasteiger partial charge >= 0.3 is 11.1 Å². The van der Waals surface area contributed by atoms with Crippen LogP contribution in [0, 0.1) is 0 Å². The summed E-state index contributed by atoms with van der Waals surface area (Å²) in [7, 11) is 0. The minimum absolute atomic E-state index is 0.00957. The van der Waals surface area contributed by atoms with Crippen LogP contribution < -0.4 is 16.4 Å². The SMILES string of the molecule is O=c1[nH]c2ccc(-n3ccnc3)cc2n(C2CCNC2)c1=O. The molecule has 2 aromatic heterocycles. The molecule has 0 aliphatic carbocycles. The quantitative estimate of drug-likeness (QED) is 0.671. The summed E-state index contributed by atoms with van der Waals surface area (Å²) in [5, 5.41) is 3.24. The second-order valence-corrected chi connectivity index (χ2v) is 5.45. The second kappa shape index (κ2) is 4.96. The predicted octanol–water partition coefficient (Wildman–Crippen LogP) is 0.410. The van der Waals surface area contributed by atoms with Gasteiger partial charge in [-0.05, 0) is 31.2 Å². The predicted molar refractivity (Wildman–Crippen MR) is 82.5 cm³/mol. The van der Waals surface area contributed by atoms with Crippen molar-refractivity contribution in [2.24, 2.45) is 0 Å². The fourth-order valence-corrected chi connectivity index (χ4v) is 3.01. The lowest BCUT2D eigenvalue weighted by Crippen LogP contribution is -2.39. The number of aromatic nitrogens is 4. The summed E-state index contributed by atoms with van der Waals surface area (Å²) in [6.45, 7) is 1.56. The Morgan fingerprint density at radius 2 is 2.18 bits per heavy atom. The highest BCUT2D eigenvalue weighted by molar-refractivity contribution is 5.77. The molecule has 1 unspecified atom stereocenters. The van der Waals surface area contributed by atoms with Crippen LogP contribution in [0.4, 0.5) is 0 Å². The summed E-state index contributed by atoms with van der Waals surface area (Å²) in [4.78, 5) is 30.9. The molecule has 4 rings (SSSR count). The first kappa shape index (κ1) is 13.0. The van der Waals surface area contributed by atoms with Crippen LogP contribution in [0.25, 0.3) is 16.7 Å². The van der Waals surface area contributed by atoms with Gasteiger partial charge in [0.15, 0.2) is 0 Å². The highest BCUT2D eigenvalue weighted by atomic mass is 16.2. The molecule has 1 atom stereocenters. The van der Waals surface area contributed by atoms with E-state index in [1.54, 1.807) is 17.1 Å². The molecule has 0 radical (unpaired) electrons. The first-order chi connectivity index (χ1) is 10.7. The van der Waals surface area contributed by atoms with Crippen LogP contribution >= 0.6 is 0 Å². The summed E-state index contributed by atoms with van der Waals surface area (Å²) < 4.78 is 3.49. The molecule has 0 saturated carbocycles. The lowest BCUT2D eigenvalue weighted by molar-refractivity contribution is 0.542. The smallest absolute Gasteiger partial charge is 0.316 e. The van der Waals surface area contributed by atoms with Gasteiger partial charge in [0.05, 0.1) is 23.4 Å².